The number of rotatable bonds is 11. The fourth-order valence-corrected chi connectivity index (χ4v) is 8.47. The van der Waals surface area contributed by atoms with Crippen LogP contribution >= 0.6 is 0 Å². The van der Waals surface area contributed by atoms with Gasteiger partial charge < -0.3 is 34.3 Å². The quantitative estimate of drug-likeness (QED) is 0.155. The molecule has 2 heterocycles. The van der Waals surface area contributed by atoms with Gasteiger partial charge in [-0.25, -0.2) is 0 Å². The Labute approximate surface area is 298 Å². The summed E-state index contributed by atoms with van der Waals surface area (Å²) in [6, 6.07) is 19.8. The number of phenolic OH excluding ortho intramolecular Hbond substituents is 2. The Hall–Kier alpha value is -4.57. The predicted octanol–water partition coefficient (Wildman–Crippen LogP) is 5.38. The van der Waals surface area contributed by atoms with Crippen molar-refractivity contribution in [1.82, 2.24) is 5.32 Å². The Morgan fingerprint density at radius 2 is 1.80 bits per heavy atom. The molecule has 0 aromatic heterocycles. The third-order valence-electron chi connectivity index (χ3n) is 11.0. The lowest BCUT2D eigenvalue weighted by atomic mass is 9.73. The molecule has 3 unspecified atom stereocenters. The third kappa shape index (κ3) is 6.78. The van der Waals surface area contributed by atoms with Crippen LogP contribution in [0, 0.1) is 0 Å². The van der Waals surface area contributed by atoms with Crippen molar-refractivity contribution in [2.24, 2.45) is 4.99 Å². The van der Waals surface area contributed by atoms with Gasteiger partial charge >= 0.3 is 0 Å². The molecule has 9 heteroatoms. The Kier molecular flexibility index (Phi) is 9.60. The van der Waals surface area contributed by atoms with Crippen LogP contribution in [-0.2, 0) is 24.0 Å². The summed E-state index contributed by atoms with van der Waals surface area (Å²) in [5.74, 6) is 2.10. The number of ether oxygens (including phenoxy) is 4. The van der Waals surface area contributed by atoms with Gasteiger partial charge in [-0.3, -0.25) is 10.3 Å². The summed E-state index contributed by atoms with van der Waals surface area (Å²) < 4.78 is 25.4. The molecule has 4 aromatic rings. The minimum absolute atomic E-state index is 0.0639. The molecule has 2 aliphatic carbocycles. The van der Waals surface area contributed by atoms with Crippen molar-refractivity contribution < 1.29 is 34.3 Å². The van der Waals surface area contributed by atoms with Crippen molar-refractivity contribution in [2.75, 3.05) is 33.6 Å². The lowest BCUT2D eigenvalue weighted by molar-refractivity contribution is -0.0479. The van der Waals surface area contributed by atoms with Crippen molar-refractivity contribution in [3.63, 3.8) is 0 Å². The minimum atomic E-state index is -0.472. The highest BCUT2D eigenvalue weighted by Crippen LogP contribution is 2.52. The third-order valence-corrected chi connectivity index (χ3v) is 11.0. The van der Waals surface area contributed by atoms with E-state index in [1.165, 1.54) is 30.0 Å². The fraction of sp³-hybridized carbons (Fsp3) is 0.405. The number of hydrogen-bond donors (Lipinski definition) is 4. The molecule has 3 atom stereocenters. The number of nitrogens with one attached hydrogen (secondary N) is 1. The summed E-state index contributed by atoms with van der Waals surface area (Å²) >= 11 is 0. The van der Waals surface area contributed by atoms with Gasteiger partial charge in [-0.1, -0.05) is 43.5 Å². The number of hydrogen-bond acceptors (Lipinski definition) is 9. The van der Waals surface area contributed by atoms with Crippen LogP contribution in [0.5, 0.6) is 28.7 Å². The number of methoxy groups -OCH3 is 1. The van der Waals surface area contributed by atoms with E-state index < -0.39 is 6.10 Å². The first-order chi connectivity index (χ1) is 25.0. The molecule has 0 amide bonds. The van der Waals surface area contributed by atoms with Gasteiger partial charge in [-0.05, 0) is 101 Å². The van der Waals surface area contributed by atoms with E-state index in [0.29, 0.717) is 49.4 Å². The van der Waals surface area contributed by atoms with Gasteiger partial charge in [0.15, 0.2) is 17.6 Å². The highest BCUT2D eigenvalue weighted by Gasteiger charge is 2.39. The lowest BCUT2D eigenvalue weighted by Crippen LogP contribution is -2.39. The van der Waals surface area contributed by atoms with E-state index in [9.17, 15) is 15.3 Å². The topological polar surface area (TPSA) is 122 Å². The molecule has 266 valence electrons. The molecule has 4 aromatic carbocycles. The SMILES string of the molecule is COc1cc(C2Oc3cc(OCCO)c4c(c3CC2OCNC2CCCCC2)CC(Cc2ccc3c(c2)=CCN=3)c2cc(O)ccc2-4)ccc1O. The van der Waals surface area contributed by atoms with Gasteiger partial charge in [0.1, 0.15) is 30.0 Å². The van der Waals surface area contributed by atoms with E-state index >= 15 is 0 Å². The first kappa shape index (κ1) is 33.6. The van der Waals surface area contributed by atoms with Crippen molar-refractivity contribution >= 4 is 6.08 Å². The standard InChI is InChI=1S/C42H46N2O7/c1-48-38-20-27(8-12-36(38)47)42-40(50-24-44-29-5-3-2-4-6-29)22-33-34-19-28(18-25-7-11-35-26(17-25)13-14-43-35)32-21-30(46)9-10-31(32)41(34)39(49-16-15-45)23-37(33)51-42/h7-13,17,20-21,23,28-29,40,42,44-47H,2-6,14-16,18-19,22,24H2,1H3. The Morgan fingerprint density at radius 3 is 2.65 bits per heavy atom. The first-order valence-electron chi connectivity index (χ1n) is 18.3. The average Bonchev–Trinajstić information content (AvgIpc) is 3.62. The molecular weight excluding hydrogens is 644 g/mol. The molecule has 2 aliphatic heterocycles. The van der Waals surface area contributed by atoms with Crippen LogP contribution in [0.4, 0.5) is 0 Å². The van der Waals surface area contributed by atoms with Crippen molar-refractivity contribution in [1.29, 1.82) is 0 Å². The van der Waals surface area contributed by atoms with Gasteiger partial charge in [-0.2, -0.15) is 0 Å². The van der Waals surface area contributed by atoms with Gasteiger partial charge in [0.05, 0.1) is 32.3 Å². The molecule has 0 spiro atoms. The van der Waals surface area contributed by atoms with E-state index in [0.717, 1.165) is 58.0 Å². The maximum absolute atomic E-state index is 10.7. The highest BCUT2D eigenvalue weighted by molar-refractivity contribution is 5.83. The number of fused-ring (bicyclic) bond motifs is 6. The van der Waals surface area contributed by atoms with Crippen molar-refractivity contribution in [3.8, 4) is 39.9 Å². The van der Waals surface area contributed by atoms with Gasteiger partial charge in [-0.15, -0.1) is 0 Å². The van der Waals surface area contributed by atoms with E-state index in [4.69, 9.17) is 18.9 Å². The maximum Gasteiger partial charge on any atom is 0.160 e. The lowest BCUT2D eigenvalue weighted by Gasteiger charge is -2.38. The molecule has 1 fully saturated rings. The second-order valence-corrected chi connectivity index (χ2v) is 14.2. The maximum atomic E-state index is 10.7. The predicted molar refractivity (Wildman–Crippen MR) is 194 cm³/mol. The largest absolute Gasteiger partial charge is 0.508 e. The number of aliphatic hydroxyl groups excluding tert-OH is 1. The zero-order valence-corrected chi connectivity index (χ0v) is 29.1. The highest BCUT2D eigenvalue weighted by atomic mass is 16.6. The smallest absolute Gasteiger partial charge is 0.160 e. The van der Waals surface area contributed by atoms with Gasteiger partial charge in [0.2, 0.25) is 0 Å². The summed E-state index contributed by atoms with van der Waals surface area (Å²) in [6.45, 7) is 1.13. The fourth-order valence-electron chi connectivity index (χ4n) is 8.47. The van der Waals surface area contributed by atoms with Crippen molar-refractivity contribution in [2.45, 2.75) is 75.5 Å². The second-order valence-electron chi connectivity index (χ2n) is 14.2. The van der Waals surface area contributed by atoms with Crippen molar-refractivity contribution in [3.05, 3.63) is 99.1 Å². The molecule has 9 nitrogen and oxygen atoms in total. The summed E-state index contributed by atoms with van der Waals surface area (Å²) in [4.78, 5) is 4.57. The number of nitrogens with zero attached hydrogens (tertiary/aromatic N) is 1. The number of phenols is 2. The first-order valence-corrected chi connectivity index (χ1v) is 18.3. The van der Waals surface area contributed by atoms with Gasteiger partial charge in [0, 0.05) is 29.7 Å². The summed E-state index contributed by atoms with van der Waals surface area (Å²) in [7, 11) is 1.54. The molecule has 0 bridgehead atoms. The van der Waals surface area contributed by atoms with Crippen LogP contribution in [0.25, 0.3) is 17.2 Å². The second kappa shape index (κ2) is 14.6. The monoisotopic (exact) mass is 690 g/mol. The molecule has 8 rings (SSSR count). The number of aliphatic hydroxyl groups is 1. The average molecular weight is 691 g/mol. The minimum Gasteiger partial charge on any atom is -0.508 e. The molecule has 1 saturated carbocycles. The number of aromatic hydroxyl groups is 2. The Morgan fingerprint density at radius 1 is 0.922 bits per heavy atom. The molecule has 4 N–H and O–H groups in total. The summed E-state index contributed by atoms with van der Waals surface area (Å²) in [6.07, 6.45) is 9.54. The van der Waals surface area contributed by atoms with Crippen LogP contribution in [-0.4, -0.2) is 61.1 Å². The van der Waals surface area contributed by atoms with E-state index in [1.54, 1.807) is 19.2 Å². The van der Waals surface area contributed by atoms with Crippen LogP contribution in [0.3, 0.4) is 0 Å². The molecular formula is C42H46N2O7. The normalized spacial score (nSPS) is 20.5. The van der Waals surface area contributed by atoms with E-state index in [2.05, 4.69) is 34.6 Å². The zero-order valence-electron chi connectivity index (χ0n) is 29.1. The molecule has 0 saturated heterocycles. The molecule has 4 aliphatic rings. The van der Waals surface area contributed by atoms with Gasteiger partial charge in [0.25, 0.3) is 0 Å². The number of benzene rings is 4. The van der Waals surface area contributed by atoms with Crippen LogP contribution < -0.4 is 30.1 Å². The van der Waals surface area contributed by atoms with E-state index in [1.807, 2.05) is 30.3 Å². The Balaban J connectivity index is 1.20. The molecule has 0 radical (unpaired) electrons. The zero-order chi connectivity index (χ0) is 34.9. The summed E-state index contributed by atoms with van der Waals surface area (Å²) in [5, 5.41) is 36.7. The summed E-state index contributed by atoms with van der Waals surface area (Å²) in [5.41, 5.74) is 7.34. The van der Waals surface area contributed by atoms with E-state index in [-0.39, 0.29) is 36.7 Å². The Bertz CT molecular complexity index is 2040. The van der Waals surface area contributed by atoms with Crippen LogP contribution in [0.1, 0.15) is 71.9 Å². The van der Waals surface area contributed by atoms with Crippen LogP contribution in [0.15, 0.2) is 65.7 Å². The molecule has 51 heavy (non-hydrogen) atoms. The van der Waals surface area contributed by atoms with Crippen LogP contribution in [0.2, 0.25) is 0 Å².